The minimum atomic E-state index is -1.08. The van der Waals surface area contributed by atoms with E-state index in [-0.39, 0.29) is 24.4 Å². The molecule has 0 bridgehead atoms. The van der Waals surface area contributed by atoms with Crippen LogP contribution in [0.5, 0.6) is 5.75 Å². The fourth-order valence-corrected chi connectivity index (χ4v) is 5.51. The number of esters is 1. The predicted octanol–water partition coefficient (Wildman–Crippen LogP) is 7.45. The van der Waals surface area contributed by atoms with Crippen LogP contribution in [0.25, 0.3) is 32.8 Å². The molecule has 0 amide bonds. The van der Waals surface area contributed by atoms with Gasteiger partial charge in [-0.2, -0.15) is 0 Å². The lowest BCUT2D eigenvalue weighted by Crippen LogP contribution is -2.29. The number of rotatable bonds is 7. The first-order valence-corrected chi connectivity index (χ1v) is 13.7. The molecule has 208 valence electrons. The molecule has 0 unspecified atom stereocenters. The van der Waals surface area contributed by atoms with Gasteiger partial charge in [-0.05, 0) is 92.4 Å². The van der Waals surface area contributed by atoms with E-state index < -0.39 is 23.5 Å². The lowest BCUT2D eigenvalue weighted by Gasteiger charge is -2.30. The Morgan fingerprint density at radius 3 is 2.60 bits per heavy atom. The number of fused-ring (bicyclic) bond motifs is 1. The molecule has 1 aliphatic heterocycles. The van der Waals surface area contributed by atoms with Crippen LogP contribution in [-0.4, -0.2) is 35.6 Å². The van der Waals surface area contributed by atoms with Crippen molar-refractivity contribution in [3.63, 3.8) is 0 Å². The molecule has 7 heteroatoms. The molecule has 0 saturated heterocycles. The van der Waals surface area contributed by atoms with Crippen molar-refractivity contribution in [3.05, 3.63) is 70.7 Å². The fraction of sp³-hybridized carbons (Fsp3) is 0.364. The number of pyridine rings is 1. The van der Waals surface area contributed by atoms with Crippen molar-refractivity contribution in [2.45, 2.75) is 66.1 Å². The van der Waals surface area contributed by atoms with Gasteiger partial charge in [0, 0.05) is 35.6 Å². The van der Waals surface area contributed by atoms with Crippen molar-refractivity contribution in [2.24, 2.45) is 0 Å². The van der Waals surface area contributed by atoms with Gasteiger partial charge in [0.15, 0.2) is 11.9 Å². The topological polar surface area (TPSA) is 74.7 Å². The predicted molar refractivity (Wildman–Crippen MR) is 153 cm³/mol. The first kappa shape index (κ1) is 27.7. The number of benzene rings is 3. The summed E-state index contributed by atoms with van der Waals surface area (Å²) in [5.74, 6) is -0.678. The number of carbonyl (C=O) groups is 2. The maximum absolute atomic E-state index is 15.6. The molecule has 4 aromatic rings. The number of ketones is 1. The third-order valence-electron chi connectivity index (χ3n) is 7.17. The smallest absolute Gasteiger partial charge is 0.339 e. The number of Topliss-reactive ketones (excluding diaryl/α,β-unsaturated/α-hetero) is 1. The van der Waals surface area contributed by atoms with E-state index in [9.17, 15) is 9.59 Å². The van der Waals surface area contributed by atoms with E-state index in [0.29, 0.717) is 34.0 Å². The molecule has 5 rings (SSSR count). The summed E-state index contributed by atoms with van der Waals surface area (Å²) in [5, 5.41) is 2.14. The Kier molecular flexibility index (Phi) is 7.36. The van der Waals surface area contributed by atoms with Gasteiger partial charge in [-0.25, -0.2) is 9.18 Å². The summed E-state index contributed by atoms with van der Waals surface area (Å²) in [4.78, 5) is 30.8. The molecular formula is C33H34FNO5. The SMILES string of the molecule is CCOC(=O)[C@@H](OC(C)(C)C)c1c(C)cc2cc(C(=O)CC)c(F)cc2c1-c1ccc2c3c(ccnc13)CCO2. The van der Waals surface area contributed by atoms with Gasteiger partial charge in [-0.3, -0.25) is 9.78 Å². The van der Waals surface area contributed by atoms with Gasteiger partial charge in [0.25, 0.3) is 0 Å². The Hall–Kier alpha value is -3.84. The number of nitrogens with zero attached hydrogens (tertiary/aromatic N) is 1. The van der Waals surface area contributed by atoms with E-state index in [1.54, 1.807) is 26.1 Å². The second kappa shape index (κ2) is 10.6. The van der Waals surface area contributed by atoms with Crippen molar-refractivity contribution in [2.75, 3.05) is 13.2 Å². The van der Waals surface area contributed by atoms with Gasteiger partial charge in [0.2, 0.25) is 0 Å². The van der Waals surface area contributed by atoms with Crippen LogP contribution in [0, 0.1) is 12.7 Å². The maximum atomic E-state index is 15.6. The normalized spacial score (nSPS) is 13.8. The lowest BCUT2D eigenvalue weighted by molar-refractivity contribution is -0.166. The third-order valence-corrected chi connectivity index (χ3v) is 7.17. The van der Waals surface area contributed by atoms with E-state index in [1.165, 1.54) is 6.07 Å². The first-order chi connectivity index (χ1) is 19.0. The van der Waals surface area contributed by atoms with Crippen LogP contribution in [0.4, 0.5) is 4.39 Å². The van der Waals surface area contributed by atoms with Crippen molar-refractivity contribution in [1.29, 1.82) is 0 Å². The van der Waals surface area contributed by atoms with Crippen LogP contribution < -0.4 is 4.74 Å². The Labute approximate surface area is 233 Å². The molecule has 3 aromatic carbocycles. The zero-order chi connectivity index (χ0) is 28.8. The molecular weight excluding hydrogens is 509 g/mol. The molecule has 6 nitrogen and oxygen atoms in total. The van der Waals surface area contributed by atoms with Crippen LogP contribution in [0.3, 0.4) is 0 Å². The lowest BCUT2D eigenvalue weighted by atomic mass is 9.84. The quantitative estimate of drug-likeness (QED) is 0.178. The minimum Gasteiger partial charge on any atom is -0.493 e. The van der Waals surface area contributed by atoms with E-state index in [4.69, 9.17) is 19.2 Å². The van der Waals surface area contributed by atoms with Crippen molar-refractivity contribution in [1.82, 2.24) is 4.98 Å². The summed E-state index contributed by atoms with van der Waals surface area (Å²) in [7, 11) is 0. The van der Waals surface area contributed by atoms with E-state index in [1.807, 2.05) is 52.0 Å². The maximum Gasteiger partial charge on any atom is 0.339 e. The summed E-state index contributed by atoms with van der Waals surface area (Å²) in [5.41, 5.74) is 3.83. The van der Waals surface area contributed by atoms with Crippen molar-refractivity contribution < 1.29 is 28.2 Å². The molecule has 0 aliphatic carbocycles. The van der Waals surface area contributed by atoms with Gasteiger partial charge < -0.3 is 14.2 Å². The molecule has 40 heavy (non-hydrogen) atoms. The number of aromatic nitrogens is 1. The first-order valence-electron chi connectivity index (χ1n) is 13.7. The van der Waals surface area contributed by atoms with E-state index in [2.05, 4.69) is 0 Å². The molecule has 0 radical (unpaired) electrons. The number of aryl methyl sites for hydroxylation is 1. The minimum absolute atomic E-state index is 0.0457. The highest BCUT2D eigenvalue weighted by atomic mass is 19.1. The molecule has 1 atom stereocenters. The zero-order valence-electron chi connectivity index (χ0n) is 23.8. The van der Waals surface area contributed by atoms with Gasteiger partial charge in [-0.15, -0.1) is 0 Å². The van der Waals surface area contributed by atoms with Crippen LogP contribution in [0.1, 0.15) is 74.2 Å². The Bertz CT molecular complexity index is 1640. The Balaban J connectivity index is 1.92. The summed E-state index contributed by atoms with van der Waals surface area (Å²) in [6.45, 7) is 11.7. The molecule has 1 aromatic heterocycles. The van der Waals surface area contributed by atoms with Gasteiger partial charge in [0.05, 0.1) is 29.9 Å². The van der Waals surface area contributed by atoms with Crippen LogP contribution in [-0.2, 0) is 20.7 Å². The Morgan fingerprint density at radius 1 is 1.12 bits per heavy atom. The molecule has 1 aliphatic rings. The number of hydrogen-bond acceptors (Lipinski definition) is 6. The second-order valence-electron chi connectivity index (χ2n) is 11.1. The van der Waals surface area contributed by atoms with Crippen LogP contribution >= 0.6 is 0 Å². The molecule has 2 heterocycles. The van der Waals surface area contributed by atoms with Gasteiger partial charge in [0.1, 0.15) is 11.6 Å². The van der Waals surface area contributed by atoms with Crippen LogP contribution in [0.2, 0.25) is 0 Å². The standard InChI is InChI=1S/C33H34FNO5/c1-7-25(36)23-16-20-15-18(3)27(31(32(37)38-8-2)40-33(4,5)6)29(22(20)17-24(23)34)21-9-10-26-28-19(12-14-39-26)11-13-35-30(21)28/h9-11,13,15-17,31H,7-8,12,14H2,1-6H3/t31-/m0/s1. The van der Waals surface area contributed by atoms with Crippen molar-refractivity contribution in [3.8, 4) is 16.9 Å². The van der Waals surface area contributed by atoms with Gasteiger partial charge in [-0.1, -0.05) is 13.0 Å². The second-order valence-corrected chi connectivity index (χ2v) is 11.1. The van der Waals surface area contributed by atoms with Crippen LogP contribution in [0.15, 0.2) is 42.6 Å². The number of halogens is 1. The number of hydrogen-bond donors (Lipinski definition) is 0. The monoisotopic (exact) mass is 543 g/mol. The highest BCUT2D eigenvalue weighted by Gasteiger charge is 2.34. The highest BCUT2D eigenvalue weighted by molar-refractivity contribution is 6.10. The zero-order valence-corrected chi connectivity index (χ0v) is 23.8. The molecule has 0 spiro atoms. The summed E-state index contributed by atoms with van der Waals surface area (Å²) < 4.78 is 33.4. The largest absolute Gasteiger partial charge is 0.493 e. The van der Waals surface area contributed by atoms with Crippen molar-refractivity contribution >= 4 is 33.4 Å². The summed E-state index contributed by atoms with van der Waals surface area (Å²) >= 11 is 0. The number of ether oxygens (including phenoxy) is 3. The van der Waals surface area contributed by atoms with E-state index >= 15 is 4.39 Å². The summed E-state index contributed by atoms with van der Waals surface area (Å²) in [6.07, 6.45) is 1.62. The summed E-state index contributed by atoms with van der Waals surface area (Å²) in [6, 6.07) is 10.7. The van der Waals surface area contributed by atoms with E-state index in [0.717, 1.165) is 34.2 Å². The molecule has 0 fully saturated rings. The fourth-order valence-electron chi connectivity index (χ4n) is 5.51. The average Bonchev–Trinajstić information content (AvgIpc) is 2.91. The Morgan fingerprint density at radius 2 is 1.90 bits per heavy atom. The number of carbonyl (C=O) groups excluding carboxylic acids is 2. The molecule has 0 saturated carbocycles. The van der Waals surface area contributed by atoms with Gasteiger partial charge >= 0.3 is 5.97 Å². The highest BCUT2D eigenvalue weighted by Crippen LogP contribution is 2.45. The molecule has 0 N–H and O–H groups in total. The average molecular weight is 544 g/mol. The third kappa shape index (κ3) is 4.94.